The van der Waals surface area contributed by atoms with Gasteiger partial charge >= 0.3 is 0 Å². The molecule has 106 valence electrons. The Kier molecular flexibility index (Phi) is 10.2. The highest BCUT2D eigenvalue weighted by Crippen LogP contribution is 2.00. The summed E-state index contributed by atoms with van der Waals surface area (Å²) in [5.41, 5.74) is 16.0. The van der Waals surface area contributed by atoms with Crippen molar-refractivity contribution in [1.29, 1.82) is 0 Å². The van der Waals surface area contributed by atoms with Gasteiger partial charge in [0.2, 0.25) is 5.91 Å². The number of hydrogen-bond donors (Lipinski definition) is 4. The van der Waals surface area contributed by atoms with E-state index in [-0.39, 0.29) is 5.91 Å². The lowest BCUT2D eigenvalue weighted by molar-refractivity contribution is -0.124. The minimum atomic E-state index is -0.570. The zero-order valence-electron chi connectivity index (χ0n) is 10.8. The molecule has 0 heterocycles. The zero-order chi connectivity index (χ0) is 14.0. The van der Waals surface area contributed by atoms with Crippen molar-refractivity contribution in [3.05, 3.63) is 0 Å². The second kappa shape index (κ2) is 10.5. The van der Waals surface area contributed by atoms with Crippen LogP contribution in [0.2, 0.25) is 0 Å². The molecule has 0 saturated carbocycles. The maximum absolute atomic E-state index is 11.6. The van der Waals surface area contributed by atoms with Gasteiger partial charge in [0.25, 0.3) is 5.91 Å². The fraction of sp³-hybridized carbons (Fsp3) is 0.800. The van der Waals surface area contributed by atoms with Crippen molar-refractivity contribution < 1.29 is 9.59 Å². The van der Waals surface area contributed by atoms with Crippen molar-refractivity contribution in [3.8, 4) is 0 Å². The van der Waals surface area contributed by atoms with Crippen molar-refractivity contribution in [2.75, 3.05) is 24.0 Å². The van der Waals surface area contributed by atoms with Gasteiger partial charge in [-0.25, -0.2) is 5.43 Å². The van der Waals surface area contributed by atoms with Crippen LogP contribution >= 0.6 is 23.5 Å². The van der Waals surface area contributed by atoms with Gasteiger partial charge in [-0.3, -0.25) is 15.0 Å². The molecule has 0 spiro atoms. The number of carbonyl (C=O) groups excluding carboxylic acids is 2. The maximum atomic E-state index is 11.6. The molecule has 8 heteroatoms. The van der Waals surface area contributed by atoms with Crippen LogP contribution in [0.4, 0.5) is 0 Å². The molecule has 0 aliphatic rings. The van der Waals surface area contributed by atoms with Crippen LogP contribution in [0.5, 0.6) is 0 Å². The monoisotopic (exact) mass is 294 g/mol. The number of hydrogen-bond acceptors (Lipinski definition) is 6. The van der Waals surface area contributed by atoms with E-state index in [1.807, 2.05) is 12.5 Å². The Bertz CT molecular complexity index is 266. The molecule has 0 aromatic carbocycles. The summed E-state index contributed by atoms with van der Waals surface area (Å²) >= 11 is 3.24. The van der Waals surface area contributed by atoms with E-state index >= 15 is 0 Å². The summed E-state index contributed by atoms with van der Waals surface area (Å²) < 4.78 is 0. The van der Waals surface area contributed by atoms with Crippen molar-refractivity contribution in [3.63, 3.8) is 0 Å². The highest BCUT2D eigenvalue weighted by molar-refractivity contribution is 7.98. The van der Waals surface area contributed by atoms with E-state index in [0.717, 1.165) is 11.5 Å². The van der Waals surface area contributed by atoms with Crippen molar-refractivity contribution in [2.45, 2.75) is 24.9 Å². The predicted molar refractivity (Wildman–Crippen MR) is 78.2 cm³/mol. The summed E-state index contributed by atoms with van der Waals surface area (Å²) in [6, 6.07) is -1.13. The van der Waals surface area contributed by atoms with Gasteiger partial charge < -0.3 is 11.5 Å². The molecule has 6 N–H and O–H groups in total. The Morgan fingerprint density at radius 3 is 2.22 bits per heavy atom. The number of nitrogens with one attached hydrogen (secondary N) is 2. The number of nitrogens with two attached hydrogens (primary N) is 2. The van der Waals surface area contributed by atoms with Gasteiger partial charge in [-0.05, 0) is 36.9 Å². The average Bonchev–Trinajstić information content (AvgIpc) is 2.35. The van der Waals surface area contributed by atoms with Crippen LogP contribution in [0, 0.1) is 0 Å². The number of hydrazine groups is 1. The van der Waals surface area contributed by atoms with Crippen LogP contribution in [0.3, 0.4) is 0 Å². The highest BCUT2D eigenvalue weighted by Gasteiger charge is 2.17. The van der Waals surface area contributed by atoms with E-state index in [2.05, 4.69) is 10.9 Å². The Morgan fingerprint density at radius 2 is 1.72 bits per heavy atom. The summed E-state index contributed by atoms with van der Waals surface area (Å²) in [7, 11) is 0. The summed E-state index contributed by atoms with van der Waals surface area (Å²) in [6.07, 6.45) is 5.06. The summed E-state index contributed by atoms with van der Waals surface area (Å²) in [5, 5.41) is 0. The molecule has 0 fully saturated rings. The molecular formula is C10H22N4O2S2. The smallest absolute Gasteiger partial charge is 0.251 e. The average molecular weight is 294 g/mol. The van der Waals surface area contributed by atoms with Gasteiger partial charge in [0, 0.05) is 0 Å². The van der Waals surface area contributed by atoms with E-state index < -0.39 is 18.0 Å². The lowest BCUT2D eigenvalue weighted by Gasteiger charge is -2.17. The molecule has 0 aromatic heterocycles. The molecule has 0 bridgehead atoms. The fourth-order valence-corrected chi connectivity index (χ4v) is 2.11. The molecule has 2 atom stereocenters. The van der Waals surface area contributed by atoms with Crippen molar-refractivity contribution in [2.24, 2.45) is 11.5 Å². The molecular weight excluding hydrogens is 272 g/mol. The van der Waals surface area contributed by atoms with E-state index in [1.165, 1.54) is 0 Å². The molecule has 18 heavy (non-hydrogen) atoms. The van der Waals surface area contributed by atoms with Gasteiger partial charge in [0.1, 0.15) is 6.04 Å². The number of thioether (sulfide) groups is 2. The second-order valence-electron chi connectivity index (χ2n) is 3.76. The number of amides is 2. The van der Waals surface area contributed by atoms with E-state index in [4.69, 9.17) is 11.5 Å². The Hall–Kier alpha value is -0.440. The van der Waals surface area contributed by atoms with Crippen LogP contribution in [0.1, 0.15) is 12.8 Å². The van der Waals surface area contributed by atoms with Crippen LogP contribution in [-0.4, -0.2) is 47.9 Å². The van der Waals surface area contributed by atoms with Crippen LogP contribution in [0.15, 0.2) is 0 Å². The molecule has 0 aliphatic heterocycles. The van der Waals surface area contributed by atoms with E-state index in [9.17, 15) is 9.59 Å². The summed E-state index contributed by atoms with van der Waals surface area (Å²) in [5.74, 6) is 0.802. The quantitative estimate of drug-likeness (QED) is 0.396. The molecule has 2 amide bonds. The normalized spacial score (nSPS) is 13.9. The highest BCUT2D eigenvalue weighted by atomic mass is 32.2. The summed E-state index contributed by atoms with van der Waals surface area (Å²) in [4.78, 5) is 22.7. The first-order valence-electron chi connectivity index (χ1n) is 5.61. The molecule has 0 aliphatic carbocycles. The Labute approximate surface area is 116 Å². The molecule has 1 unspecified atom stereocenters. The SMILES string of the molecule is CSCCC(N)C(=O)NN[C@@H](CCSC)C(N)=O. The van der Waals surface area contributed by atoms with Gasteiger partial charge in [-0.2, -0.15) is 23.5 Å². The Balaban J connectivity index is 4.01. The van der Waals surface area contributed by atoms with Gasteiger partial charge in [-0.1, -0.05) is 0 Å². The minimum Gasteiger partial charge on any atom is -0.368 e. The summed E-state index contributed by atoms with van der Waals surface area (Å²) in [6.45, 7) is 0. The number of rotatable bonds is 10. The van der Waals surface area contributed by atoms with E-state index in [0.29, 0.717) is 12.8 Å². The predicted octanol–water partition coefficient (Wildman–Crippen LogP) is -0.705. The van der Waals surface area contributed by atoms with Crippen molar-refractivity contribution >= 4 is 35.3 Å². The topological polar surface area (TPSA) is 110 Å². The number of carbonyl (C=O) groups is 2. The maximum Gasteiger partial charge on any atom is 0.251 e. The number of primary amides is 1. The largest absolute Gasteiger partial charge is 0.368 e. The molecule has 0 aromatic rings. The van der Waals surface area contributed by atoms with E-state index in [1.54, 1.807) is 23.5 Å². The Morgan fingerprint density at radius 1 is 1.17 bits per heavy atom. The molecule has 0 saturated heterocycles. The minimum absolute atomic E-state index is 0.320. The third kappa shape index (κ3) is 7.80. The van der Waals surface area contributed by atoms with Crippen LogP contribution in [0.25, 0.3) is 0 Å². The third-order valence-electron chi connectivity index (χ3n) is 2.29. The first kappa shape index (κ1) is 17.6. The van der Waals surface area contributed by atoms with Crippen molar-refractivity contribution in [1.82, 2.24) is 10.9 Å². The van der Waals surface area contributed by atoms with Crippen LogP contribution in [-0.2, 0) is 9.59 Å². The standard InChI is InChI=1S/C10H22N4O2S2/c1-17-5-3-7(11)10(16)14-13-8(9(12)15)4-6-18-2/h7-8,13H,3-6,11H2,1-2H3,(H2,12,15)(H,14,16)/t7?,8-/m0/s1. The van der Waals surface area contributed by atoms with Crippen LogP contribution < -0.4 is 22.3 Å². The molecule has 0 radical (unpaired) electrons. The molecule has 6 nitrogen and oxygen atoms in total. The fourth-order valence-electron chi connectivity index (χ4n) is 1.15. The first-order valence-corrected chi connectivity index (χ1v) is 8.39. The van der Waals surface area contributed by atoms with Gasteiger partial charge in [0.05, 0.1) is 6.04 Å². The lowest BCUT2D eigenvalue weighted by atomic mass is 10.2. The van der Waals surface area contributed by atoms with Gasteiger partial charge in [0.15, 0.2) is 0 Å². The van der Waals surface area contributed by atoms with Gasteiger partial charge in [-0.15, -0.1) is 0 Å². The second-order valence-corrected chi connectivity index (χ2v) is 5.73. The zero-order valence-corrected chi connectivity index (χ0v) is 12.4. The molecule has 0 rings (SSSR count). The first-order chi connectivity index (χ1) is 8.52. The lowest BCUT2D eigenvalue weighted by Crippen LogP contribution is -2.54. The third-order valence-corrected chi connectivity index (χ3v) is 3.58.